The lowest BCUT2D eigenvalue weighted by atomic mass is 9.85. The Balaban J connectivity index is 2.00. The van der Waals surface area contributed by atoms with E-state index in [0.29, 0.717) is 30.5 Å². The highest BCUT2D eigenvalue weighted by molar-refractivity contribution is 4.96. The Labute approximate surface area is 120 Å². The predicted molar refractivity (Wildman–Crippen MR) is 73.7 cm³/mol. The molecule has 0 amide bonds. The standard InChI is InChI=1S/C15H23N3O2/c1-11(8-9-16)10-13-17-15(18-20-13)14(19-2)12-6-4-3-5-7-12/h11-12,14H,3-8,10H2,1-2H3. The number of nitriles is 1. The number of hydrogen-bond donors (Lipinski definition) is 0. The number of rotatable bonds is 6. The van der Waals surface area contributed by atoms with Crippen LogP contribution in [-0.4, -0.2) is 17.3 Å². The van der Waals surface area contributed by atoms with Gasteiger partial charge in [0.2, 0.25) is 11.7 Å². The zero-order valence-electron chi connectivity index (χ0n) is 12.3. The number of aromatic nitrogens is 2. The minimum Gasteiger partial charge on any atom is -0.373 e. The summed E-state index contributed by atoms with van der Waals surface area (Å²) in [5, 5.41) is 12.8. The van der Waals surface area contributed by atoms with Crippen LogP contribution in [0.5, 0.6) is 0 Å². The van der Waals surface area contributed by atoms with E-state index in [1.54, 1.807) is 7.11 Å². The molecule has 0 aliphatic heterocycles. The molecule has 1 aromatic heterocycles. The molecule has 5 heteroatoms. The third-order valence-corrected chi connectivity index (χ3v) is 4.03. The van der Waals surface area contributed by atoms with Crippen LogP contribution in [0.25, 0.3) is 0 Å². The van der Waals surface area contributed by atoms with Crippen molar-refractivity contribution < 1.29 is 9.26 Å². The van der Waals surface area contributed by atoms with Crippen LogP contribution in [0, 0.1) is 23.2 Å². The minimum absolute atomic E-state index is 0.0564. The van der Waals surface area contributed by atoms with Crippen LogP contribution >= 0.6 is 0 Å². The van der Waals surface area contributed by atoms with Crippen molar-refractivity contribution >= 4 is 0 Å². The van der Waals surface area contributed by atoms with Crippen LogP contribution in [0.15, 0.2) is 4.52 Å². The predicted octanol–water partition coefficient (Wildman–Crippen LogP) is 3.43. The van der Waals surface area contributed by atoms with Gasteiger partial charge in [-0.15, -0.1) is 0 Å². The average Bonchev–Trinajstić information content (AvgIpc) is 2.89. The Hall–Kier alpha value is -1.41. The number of methoxy groups -OCH3 is 1. The molecule has 2 atom stereocenters. The first-order valence-corrected chi connectivity index (χ1v) is 7.46. The smallest absolute Gasteiger partial charge is 0.227 e. The molecule has 1 aliphatic rings. The molecule has 1 fully saturated rings. The summed E-state index contributed by atoms with van der Waals surface area (Å²) in [6, 6.07) is 2.17. The maximum absolute atomic E-state index is 8.68. The lowest BCUT2D eigenvalue weighted by Crippen LogP contribution is -2.19. The monoisotopic (exact) mass is 277 g/mol. The third kappa shape index (κ3) is 3.80. The molecule has 1 aromatic rings. The maximum Gasteiger partial charge on any atom is 0.227 e. The van der Waals surface area contributed by atoms with Gasteiger partial charge in [0.05, 0.1) is 6.07 Å². The van der Waals surface area contributed by atoms with Gasteiger partial charge >= 0.3 is 0 Å². The topological polar surface area (TPSA) is 71.9 Å². The van der Waals surface area contributed by atoms with Crippen LogP contribution < -0.4 is 0 Å². The summed E-state index contributed by atoms with van der Waals surface area (Å²) in [4.78, 5) is 4.47. The number of nitrogens with zero attached hydrogens (tertiary/aromatic N) is 3. The molecule has 110 valence electrons. The molecule has 1 aliphatic carbocycles. The molecule has 2 rings (SSSR count). The van der Waals surface area contributed by atoms with Crippen molar-refractivity contribution in [3.05, 3.63) is 11.7 Å². The summed E-state index contributed by atoms with van der Waals surface area (Å²) in [6.45, 7) is 2.02. The highest BCUT2D eigenvalue weighted by Crippen LogP contribution is 2.35. The highest BCUT2D eigenvalue weighted by atomic mass is 16.5. The van der Waals surface area contributed by atoms with Crippen molar-refractivity contribution in [3.8, 4) is 6.07 Å². The summed E-state index contributed by atoms with van der Waals surface area (Å²) in [5.41, 5.74) is 0. The normalized spacial score (nSPS) is 19.4. The molecule has 20 heavy (non-hydrogen) atoms. The lowest BCUT2D eigenvalue weighted by molar-refractivity contribution is 0.0273. The molecule has 0 bridgehead atoms. The van der Waals surface area contributed by atoms with Crippen LogP contribution in [0.1, 0.15) is 63.3 Å². The van der Waals surface area contributed by atoms with Gasteiger partial charge in [0.1, 0.15) is 6.10 Å². The zero-order valence-corrected chi connectivity index (χ0v) is 12.3. The first-order chi connectivity index (χ1) is 9.74. The average molecular weight is 277 g/mol. The fourth-order valence-electron chi connectivity index (χ4n) is 2.94. The molecule has 5 nitrogen and oxygen atoms in total. The SMILES string of the molecule is COC(c1noc(CC(C)CC#N)n1)C1CCCCC1. The molecule has 0 saturated heterocycles. The molecular formula is C15H23N3O2. The summed E-state index contributed by atoms with van der Waals surface area (Å²) in [7, 11) is 1.72. The molecule has 2 unspecified atom stereocenters. The van der Waals surface area contributed by atoms with Crippen molar-refractivity contribution in [3.63, 3.8) is 0 Å². The van der Waals surface area contributed by atoms with Gasteiger partial charge in [0.15, 0.2) is 0 Å². The van der Waals surface area contributed by atoms with Gasteiger partial charge in [-0.05, 0) is 24.7 Å². The first-order valence-electron chi connectivity index (χ1n) is 7.46. The highest BCUT2D eigenvalue weighted by Gasteiger charge is 2.29. The van der Waals surface area contributed by atoms with Gasteiger partial charge in [0.25, 0.3) is 0 Å². The summed E-state index contributed by atoms with van der Waals surface area (Å²) < 4.78 is 10.9. The Bertz CT molecular complexity index is 446. The van der Waals surface area contributed by atoms with Crippen LogP contribution in [0.3, 0.4) is 0 Å². The van der Waals surface area contributed by atoms with Crippen LogP contribution in [-0.2, 0) is 11.2 Å². The minimum atomic E-state index is -0.0564. The van der Waals surface area contributed by atoms with Crippen molar-refractivity contribution in [2.24, 2.45) is 11.8 Å². The number of hydrogen-bond acceptors (Lipinski definition) is 5. The van der Waals surface area contributed by atoms with Crippen molar-refractivity contribution in [2.45, 2.75) is 58.0 Å². The quantitative estimate of drug-likeness (QED) is 0.796. The van der Waals surface area contributed by atoms with Crippen molar-refractivity contribution in [1.82, 2.24) is 10.1 Å². The van der Waals surface area contributed by atoms with Gasteiger partial charge in [-0.1, -0.05) is 31.3 Å². The second kappa shape index (κ2) is 7.39. The Morgan fingerprint density at radius 2 is 2.15 bits per heavy atom. The van der Waals surface area contributed by atoms with Gasteiger partial charge < -0.3 is 9.26 Å². The summed E-state index contributed by atoms with van der Waals surface area (Å²) in [5.74, 6) is 2.01. The van der Waals surface area contributed by atoms with E-state index < -0.39 is 0 Å². The van der Waals surface area contributed by atoms with E-state index in [0.717, 1.165) is 0 Å². The van der Waals surface area contributed by atoms with E-state index in [1.807, 2.05) is 6.92 Å². The van der Waals surface area contributed by atoms with E-state index in [4.69, 9.17) is 14.5 Å². The van der Waals surface area contributed by atoms with Crippen LogP contribution in [0.4, 0.5) is 0 Å². The maximum atomic E-state index is 8.68. The second-order valence-electron chi connectivity index (χ2n) is 5.77. The molecule has 1 heterocycles. The van der Waals surface area contributed by atoms with E-state index in [2.05, 4.69) is 16.2 Å². The van der Waals surface area contributed by atoms with Crippen LogP contribution in [0.2, 0.25) is 0 Å². The molecule has 1 saturated carbocycles. The number of ether oxygens (including phenoxy) is 1. The fraction of sp³-hybridized carbons (Fsp3) is 0.800. The molecule has 0 spiro atoms. The molecular weight excluding hydrogens is 254 g/mol. The molecule has 0 radical (unpaired) electrons. The van der Waals surface area contributed by atoms with E-state index in [1.165, 1.54) is 32.1 Å². The third-order valence-electron chi connectivity index (χ3n) is 4.03. The summed E-state index contributed by atoms with van der Waals surface area (Å²) in [6.07, 6.45) is 7.29. The lowest BCUT2D eigenvalue weighted by Gasteiger charge is -2.26. The molecule has 0 aromatic carbocycles. The Morgan fingerprint density at radius 1 is 1.40 bits per heavy atom. The Kier molecular flexibility index (Phi) is 5.54. The largest absolute Gasteiger partial charge is 0.373 e. The van der Waals surface area contributed by atoms with Gasteiger partial charge in [-0.2, -0.15) is 10.2 Å². The van der Waals surface area contributed by atoms with E-state index in [9.17, 15) is 0 Å². The van der Waals surface area contributed by atoms with Gasteiger partial charge in [-0.3, -0.25) is 0 Å². The van der Waals surface area contributed by atoms with Crippen molar-refractivity contribution in [2.75, 3.05) is 7.11 Å². The van der Waals surface area contributed by atoms with E-state index in [-0.39, 0.29) is 12.0 Å². The first kappa shape index (κ1) is 15.0. The Morgan fingerprint density at radius 3 is 2.80 bits per heavy atom. The zero-order chi connectivity index (χ0) is 14.4. The van der Waals surface area contributed by atoms with Gasteiger partial charge in [-0.25, -0.2) is 0 Å². The van der Waals surface area contributed by atoms with Gasteiger partial charge in [0, 0.05) is 20.0 Å². The van der Waals surface area contributed by atoms with E-state index >= 15 is 0 Å². The van der Waals surface area contributed by atoms with Crippen molar-refractivity contribution in [1.29, 1.82) is 5.26 Å². The second-order valence-corrected chi connectivity index (χ2v) is 5.77. The molecule has 0 N–H and O–H groups in total. The summed E-state index contributed by atoms with van der Waals surface area (Å²) >= 11 is 0. The fourth-order valence-corrected chi connectivity index (χ4v) is 2.94.